The van der Waals surface area contributed by atoms with Crippen LogP contribution in [0, 0.1) is 0 Å². The lowest BCUT2D eigenvalue weighted by molar-refractivity contribution is -0.121. The van der Waals surface area contributed by atoms with Gasteiger partial charge in [0.15, 0.2) is 0 Å². The molecule has 0 aliphatic heterocycles. The molecule has 2 N–H and O–H groups in total. The minimum Gasteiger partial charge on any atom is -0.395 e. The van der Waals surface area contributed by atoms with E-state index < -0.39 is 0 Å². The first kappa shape index (κ1) is 13.1. The van der Waals surface area contributed by atoms with Crippen molar-refractivity contribution in [1.29, 1.82) is 0 Å². The van der Waals surface area contributed by atoms with E-state index in [1.165, 1.54) is 0 Å². The lowest BCUT2D eigenvalue weighted by Gasteiger charge is -1.98. The Labute approximate surface area is 68.8 Å². The largest absolute Gasteiger partial charge is 0.395 e. The van der Waals surface area contributed by atoms with Crippen LogP contribution in [-0.2, 0) is 4.79 Å². The van der Waals surface area contributed by atoms with Crippen LogP contribution >= 0.6 is 0 Å². The number of aliphatic hydroxyl groups is 1. The monoisotopic (exact) mass is 161 g/mol. The number of hydrogen-bond acceptors (Lipinski definition) is 2. The van der Waals surface area contributed by atoms with Crippen LogP contribution in [0.4, 0.5) is 0 Å². The van der Waals surface area contributed by atoms with E-state index in [2.05, 4.69) is 5.32 Å². The molecule has 1 amide bonds. The van der Waals surface area contributed by atoms with Crippen LogP contribution in [0.3, 0.4) is 0 Å². The van der Waals surface area contributed by atoms with Crippen LogP contribution in [0.5, 0.6) is 0 Å². The lowest BCUT2D eigenvalue weighted by Crippen LogP contribution is -2.25. The van der Waals surface area contributed by atoms with Crippen molar-refractivity contribution in [3.8, 4) is 0 Å². The topological polar surface area (TPSA) is 49.3 Å². The summed E-state index contributed by atoms with van der Waals surface area (Å²) in [5.74, 6) is 0.0200. The van der Waals surface area contributed by atoms with E-state index in [9.17, 15) is 4.79 Å². The summed E-state index contributed by atoms with van der Waals surface area (Å²) in [5, 5.41) is 10.8. The molecule has 3 nitrogen and oxygen atoms in total. The summed E-state index contributed by atoms with van der Waals surface area (Å²) >= 11 is 0. The van der Waals surface area contributed by atoms with E-state index in [-0.39, 0.29) is 12.5 Å². The first-order chi connectivity index (χ1) is 5.31. The van der Waals surface area contributed by atoms with Gasteiger partial charge in [-0.25, -0.2) is 0 Å². The fourth-order valence-electron chi connectivity index (χ4n) is 0.511. The van der Waals surface area contributed by atoms with Gasteiger partial charge in [-0.3, -0.25) is 4.79 Å². The summed E-state index contributed by atoms with van der Waals surface area (Å²) in [6, 6.07) is 0. The second-order valence-electron chi connectivity index (χ2n) is 1.82. The van der Waals surface area contributed by atoms with Crippen LogP contribution in [0.2, 0.25) is 0 Å². The molecule has 0 heterocycles. The number of carbonyl (C=O) groups excluding carboxylic acids is 1. The molecule has 0 aliphatic carbocycles. The van der Waals surface area contributed by atoms with Gasteiger partial charge in [-0.05, 0) is 6.42 Å². The Morgan fingerprint density at radius 2 is 2.00 bits per heavy atom. The molecule has 0 bridgehead atoms. The molecule has 0 aromatic carbocycles. The zero-order chi connectivity index (χ0) is 9.11. The molecule has 0 aliphatic rings. The Bertz CT molecular complexity index is 84.2. The molecular weight excluding hydrogens is 142 g/mol. The summed E-state index contributed by atoms with van der Waals surface area (Å²) in [6.45, 7) is 6.34. The van der Waals surface area contributed by atoms with Gasteiger partial charge < -0.3 is 10.4 Å². The summed E-state index contributed by atoms with van der Waals surface area (Å²) in [6.07, 6.45) is 1.41. The first-order valence-corrected chi connectivity index (χ1v) is 4.18. The maximum absolute atomic E-state index is 10.6. The van der Waals surface area contributed by atoms with Crippen LogP contribution in [0.1, 0.15) is 33.6 Å². The molecule has 0 spiro atoms. The smallest absolute Gasteiger partial charge is 0.220 e. The zero-order valence-corrected chi connectivity index (χ0v) is 7.68. The molecule has 0 saturated heterocycles. The van der Waals surface area contributed by atoms with Crippen LogP contribution < -0.4 is 5.32 Å². The Hall–Kier alpha value is -0.570. The standard InChI is InChI=1S/C6H13NO2.C2H6/c1-2-3-6(9)7-4-5-8;1-2/h8H,2-5H2,1H3,(H,7,9);1-2H3. The van der Waals surface area contributed by atoms with Crippen LogP contribution in [0.25, 0.3) is 0 Å². The van der Waals surface area contributed by atoms with Gasteiger partial charge >= 0.3 is 0 Å². The molecule has 0 aromatic heterocycles. The highest BCUT2D eigenvalue weighted by atomic mass is 16.3. The van der Waals surface area contributed by atoms with Gasteiger partial charge in [-0.1, -0.05) is 20.8 Å². The second-order valence-corrected chi connectivity index (χ2v) is 1.82. The van der Waals surface area contributed by atoms with Crippen molar-refractivity contribution in [2.45, 2.75) is 33.6 Å². The van der Waals surface area contributed by atoms with E-state index in [4.69, 9.17) is 5.11 Å². The SMILES string of the molecule is CC.CCCC(=O)NCCO. The highest BCUT2D eigenvalue weighted by Gasteiger charge is 1.94. The lowest BCUT2D eigenvalue weighted by atomic mass is 10.3. The van der Waals surface area contributed by atoms with Crippen LogP contribution in [-0.4, -0.2) is 24.2 Å². The molecule has 0 unspecified atom stereocenters. The molecule has 68 valence electrons. The van der Waals surface area contributed by atoms with Gasteiger partial charge in [-0.2, -0.15) is 0 Å². The zero-order valence-electron chi connectivity index (χ0n) is 7.68. The molecule has 3 heteroatoms. The van der Waals surface area contributed by atoms with Crippen molar-refractivity contribution >= 4 is 5.91 Å². The van der Waals surface area contributed by atoms with Gasteiger partial charge in [0, 0.05) is 13.0 Å². The highest BCUT2D eigenvalue weighted by Crippen LogP contribution is 1.83. The molecule has 0 rings (SSSR count). The van der Waals surface area contributed by atoms with E-state index in [0.29, 0.717) is 13.0 Å². The second kappa shape index (κ2) is 12.1. The number of hydrogen-bond donors (Lipinski definition) is 2. The van der Waals surface area contributed by atoms with E-state index in [0.717, 1.165) is 6.42 Å². The molecule has 11 heavy (non-hydrogen) atoms. The summed E-state index contributed by atoms with van der Waals surface area (Å²) in [4.78, 5) is 10.6. The average Bonchev–Trinajstić information content (AvgIpc) is 2.05. The molecule has 0 saturated carbocycles. The number of aliphatic hydroxyl groups excluding tert-OH is 1. The summed E-state index contributed by atoms with van der Waals surface area (Å²) in [5.41, 5.74) is 0. The van der Waals surface area contributed by atoms with Gasteiger partial charge in [0.2, 0.25) is 5.91 Å². The van der Waals surface area contributed by atoms with Crippen molar-refractivity contribution in [2.75, 3.05) is 13.2 Å². The number of carbonyl (C=O) groups is 1. The van der Waals surface area contributed by atoms with Crippen molar-refractivity contribution in [2.24, 2.45) is 0 Å². The van der Waals surface area contributed by atoms with Gasteiger partial charge in [0.1, 0.15) is 0 Å². The molecule has 0 atom stereocenters. The van der Waals surface area contributed by atoms with Gasteiger partial charge in [-0.15, -0.1) is 0 Å². The van der Waals surface area contributed by atoms with Crippen molar-refractivity contribution in [3.05, 3.63) is 0 Å². The summed E-state index contributed by atoms with van der Waals surface area (Å²) in [7, 11) is 0. The van der Waals surface area contributed by atoms with E-state index in [1.807, 2.05) is 20.8 Å². The number of amides is 1. The van der Waals surface area contributed by atoms with E-state index in [1.54, 1.807) is 0 Å². The maximum atomic E-state index is 10.6. The molecule has 0 fully saturated rings. The fourth-order valence-corrected chi connectivity index (χ4v) is 0.511. The quantitative estimate of drug-likeness (QED) is 0.644. The third kappa shape index (κ3) is 12.6. The predicted molar refractivity (Wildman–Crippen MR) is 46.4 cm³/mol. The normalized spacial score (nSPS) is 8.00. The Morgan fingerprint density at radius 3 is 2.36 bits per heavy atom. The summed E-state index contributed by atoms with van der Waals surface area (Å²) < 4.78 is 0. The van der Waals surface area contributed by atoms with Gasteiger partial charge in [0.05, 0.1) is 6.61 Å². The number of nitrogens with one attached hydrogen (secondary N) is 1. The predicted octanol–water partition coefficient (Wildman–Crippen LogP) is 0.921. The van der Waals surface area contributed by atoms with Crippen LogP contribution in [0.15, 0.2) is 0 Å². The maximum Gasteiger partial charge on any atom is 0.220 e. The average molecular weight is 161 g/mol. The highest BCUT2D eigenvalue weighted by molar-refractivity contribution is 5.75. The molecule has 0 aromatic rings. The number of rotatable bonds is 4. The Balaban J connectivity index is 0. The fraction of sp³-hybridized carbons (Fsp3) is 0.875. The minimum atomic E-state index is 0.0200. The van der Waals surface area contributed by atoms with Crippen molar-refractivity contribution in [3.63, 3.8) is 0 Å². The van der Waals surface area contributed by atoms with Gasteiger partial charge in [0.25, 0.3) is 0 Å². The third-order valence-electron chi connectivity index (χ3n) is 0.911. The molecule has 0 radical (unpaired) electrons. The van der Waals surface area contributed by atoms with E-state index >= 15 is 0 Å². The minimum absolute atomic E-state index is 0.0200. The molecular formula is C8H19NO2. The third-order valence-corrected chi connectivity index (χ3v) is 0.911. The first-order valence-electron chi connectivity index (χ1n) is 4.18. The van der Waals surface area contributed by atoms with Crippen molar-refractivity contribution < 1.29 is 9.90 Å². The Morgan fingerprint density at radius 1 is 1.45 bits per heavy atom. The Kier molecular flexibility index (Phi) is 14.4. The van der Waals surface area contributed by atoms with Crippen molar-refractivity contribution in [1.82, 2.24) is 5.32 Å².